The summed E-state index contributed by atoms with van der Waals surface area (Å²) in [5.41, 5.74) is 6.87. The second-order valence-electron chi connectivity index (χ2n) is 4.16. The molecule has 0 saturated heterocycles. The molecule has 94 valence electrons. The first kappa shape index (κ1) is 13.0. The molecule has 0 atom stereocenters. The Morgan fingerprint density at radius 3 is 2.72 bits per heavy atom. The number of anilines is 1. The first-order valence-electron chi connectivity index (χ1n) is 5.64. The van der Waals surface area contributed by atoms with Crippen LogP contribution in [0.15, 0.2) is 41.0 Å². The summed E-state index contributed by atoms with van der Waals surface area (Å²) in [5.74, 6) is 1.25. The molecule has 0 bridgehead atoms. The Kier molecular flexibility index (Phi) is 4.28. The van der Waals surface area contributed by atoms with E-state index in [0.29, 0.717) is 12.4 Å². The molecule has 0 unspecified atom stereocenters. The van der Waals surface area contributed by atoms with Gasteiger partial charge in [-0.3, -0.25) is 4.90 Å². The highest BCUT2D eigenvalue weighted by atomic mass is 79.9. The zero-order valence-electron chi connectivity index (χ0n) is 10.2. The van der Waals surface area contributed by atoms with Gasteiger partial charge in [0.05, 0.1) is 6.54 Å². The summed E-state index contributed by atoms with van der Waals surface area (Å²) >= 11 is 3.54. The molecular weight excluding hydrogens is 292 g/mol. The minimum atomic E-state index is 0.509. The van der Waals surface area contributed by atoms with Crippen LogP contribution < -0.4 is 5.73 Å². The molecule has 0 aliphatic heterocycles. The molecule has 0 aliphatic carbocycles. The molecule has 2 aromatic rings. The van der Waals surface area contributed by atoms with Gasteiger partial charge in [0.25, 0.3) is 0 Å². The predicted molar refractivity (Wildman–Crippen MR) is 75.8 cm³/mol. The SMILES string of the molecule is CN(Cc1nccc(N)n1)Cc1ccccc1Br. The van der Waals surface area contributed by atoms with Crippen molar-refractivity contribution < 1.29 is 0 Å². The third kappa shape index (κ3) is 3.51. The Morgan fingerprint density at radius 1 is 1.22 bits per heavy atom. The Hall–Kier alpha value is -1.46. The van der Waals surface area contributed by atoms with Crippen LogP contribution in [-0.2, 0) is 13.1 Å². The van der Waals surface area contributed by atoms with E-state index >= 15 is 0 Å². The smallest absolute Gasteiger partial charge is 0.144 e. The number of aromatic nitrogens is 2. The van der Waals surface area contributed by atoms with Gasteiger partial charge in [-0.1, -0.05) is 34.1 Å². The van der Waals surface area contributed by atoms with Crippen LogP contribution >= 0.6 is 15.9 Å². The van der Waals surface area contributed by atoms with Gasteiger partial charge in [-0.2, -0.15) is 0 Å². The number of nitrogens with two attached hydrogens (primary N) is 1. The van der Waals surface area contributed by atoms with E-state index in [0.717, 1.165) is 16.8 Å². The quantitative estimate of drug-likeness (QED) is 0.942. The highest BCUT2D eigenvalue weighted by Gasteiger charge is 2.06. The van der Waals surface area contributed by atoms with Crippen LogP contribution in [0.5, 0.6) is 0 Å². The first-order chi connectivity index (χ1) is 8.65. The van der Waals surface area contributed by atoms with E-state index in [2.05, 4.69) is 36.9 Å². The standard InChI is InChI=1S/C13H15BrN4/c1-18(8-10-4-2-3-5-11(10)14)9-13-16-7-6-12(15)17-13/h2-7H,8-9H2,1H3,(H2,15,16,17). The summed E-state index contributed by atoms with van der Waals surface area (Å²) in [4.78, 5) is 10.5. The van der Waals surface area contributed by atoms with Gasteiger partial charge < -0.3 is 5.73 Å². The van der Waals surface area contributed by atoms with Gasteiger partial charge >= 0.3 is 0 Å². The number of halogens is 1. The maximum absolute atomic E-state index is 5.63. The van der Waals surface area contributed by atoms with Gasteiger partial charge in [-0.25, -0.2) is 9.97 Å². The fourth-order valence-electron chi connectivity index (χ4n) is 1.71. The van der Waals surface area contributed by atoms with Gasteiger partial charge in [0.1, 0.15) is 11.6 Å². The first-order valence-corrected chi connectivity index (χ1v) is 6.44. The van der Waals surface area contributed by atoms with E-state index in [-0.39, 0.29) is 0 Å². The fraction of sp³-hybridized carbons (Fsp3) is 0.231. The van der Waals surface area contributed by atoms with Crippen molar-refractivity contribution in [1.29, 1.82) is 0 Å². The molecule has 0 radical (unpaired) electrons. The lowest BCUT2D eigenvalue weighted by Crippen LogP contribution is -2.19. The van der Waals surface area contributed by atoms with Crippen molar-refractivity contribution in [3.63, 3.8) is 0 Å². The molecule has 18 heavy (non-hydrogen) atoms. The molecule has 0 spiro atoms. The molecule has 2 N–H and O–H groups in total. The van der Waals surface area contributed by atoms with E-state index in [4.69, 9.17) is 5.73 Å². The summed E-state index contributed by atoms with van der Waals surface area (Å²) in [6, 6.07) is 9.87. The van der Waals surface area contributed by atoms with Crippen LogP contribution in [0.2, 0.25) is 0 Å². The lowest BCUT2D eigenvalue weighted by atomic mass is 10.2. The largest absolute Gasteiger partial charge is 0.384 e. The third-order valence-electron chi connectivity index (χ3n) is 2.54. The van der Waals surface area contributed by atoms with Gasteiger partial charge in [0.15, 0.2) is 0 Å². The molecule has 1 aromatic heterocycles. The highest BCUT2D eigenvalue weighted by Crippen LogP contribution is 2.17. The van der Waals surface area contributed by atoms with Crippen molar-refractivity contribution in [3.8, 4) is 0 Å². The summed E-state index contributed by atoms with van der Waals surface area (Å²) in [5, 5.41) is 0. The molecule has 0 aliphatic rings. The van der Waals surface area contributed by atoms with E-state index < -0.39 is 0 Å². The molecule has 1 aromatic carbocycles. The maximum atomic E-state index is 5.63. The molecule has 0 saturated carbocycles. The number of benzene rings is 1. The Labute approximate surface area is 115 Å². The zero-order chi connectivity index (χ0) is 13.0. The second-order valence-corrected chi connectivity index (χ2v) is 5.02. The van der Waals surface area contributed by atoms with Crippen molar-refractivity contribution in [2.24, 2.45) is 0 Å². The lowest BCUT2D eigenvalue weighted by Gasteiger charge is -2.16. The lowest BCUT2D eigenvalue weighted by molar-refractivity contribution is 0.310. The normalized spacial score (nSPS) is 10.8. The van der Waals surface area contributed by atoms with Crippen LogP contribution in [0.25, 0.3) is 0 Å². The maximum Gasteiger partial charge on any atom is 0.144 e. The van der Waals surface area contributed by atoms with Crippen molar-refractivity contribution in [2.75, 3.05) is 12.8 Å². The van der Waals surface area contributed by atoms with E-state index in [1.807, 2.05) is 25.2 Å². The summed E-state index contributed by atoms with van der Waals surface area (Å²) in [6.07, 6.45) is 1.68. The van der Waals surface area contributed by atoms with E-state index in [9.17, 15) is 0 Å². The number of hydrogen-bond acceptors (Lipinski definition) is 4. The topological polar surface area (TPSA) is 55.0 Å². The molecule has 1 heterocycles. The molecule has 5 heteroatoms. The summed E-state index contributed by atoms with van der Waals surface area (Å²) in [6.45, 7) is 1.51. The predicted octanol–water partition coefficient (Wildman–Crippen LogP) is 2.45. The van der Waals surface area contributed by atoms with Crippen molar-refractivity contribution in [2.45, 2.75) is 13.1 Å². The third-order valence-corrected chi connectivity index (χ3v) is 3.31. The molecular formula is C13H15BrN4. The second kappa shape index (κ2) is 5.93. The van der Waals surface area contributed by atoms with Crippen LogP contribution in [-0.4, -0.2) is 21.9 Å². The Balaban J connectivity index is 2.01. The van der Waals surface area contributed by atoms with Crippen LogP contribution in [0.4, 0.5) is 5.82 Å². The molecule has 0 fully saturated rings. The van der Waals surface area contributed by atoms with Crippen molar-refractivity contribution >= 4 is 21.7 Å². The van der Waals surface area contributed by atoms with Crippen LogP contribution in [0, 0.1) is 0 Å². The van der Waals surface area contributed by atoms with Crippen LogP contribution in [0.1, 0.15) is 11.4 Å². The highest BCUT2D eigenvalue weighted by molar-refractivity contribution is 9.10. The Bertz CT molecular complexity index is 530. The number of rotatable bonds is 4. The number of nitrogens with zero attached hydrogens (tertiary/aromatic N) is 3. The average Bonchev–Trinajstić information content (AvgIpc) is 2.32. The van der Waals surface area contributed by atoms with Gasteiger partial charge in [-0.05, 0) is 24.7 Å². The molecule has 0 amide bonds. The number of hydrogen-bond donors (Lipinski definition) is 1. The minimum absolute atomic E-state index is 0.509. The average molecular weight is 307 g/mol. The van der Waals surface area contributed by atoms with Crippen molar-refractivity contribution in [1.82, 2.24) is 14.9 Å². The Morgan fingerprint density at radius 2 is 2.00 bits per heavy atom. The van der Waals surface area contributed by atoms with E-state index in [1.54, 1.807) is 12.3 Å². The number of nitrogen functional groups attached to an aromatic ring is 1. The van der Waals surface area contributed by atoms with E-state index in [1.165, 1.54) is 5.56 Å². The zero-order valence-corrected chi connectivity index (χ0v) is 11.8. The van der Waals surface area contributed by atoms with Gasteiger partial charge in [0, 0.05) is 17.2 Å². The van der Waals surface area contributed by atoms with Crippen molar-refractivity contribution in [3.05, 3.63) is 52.4 Å². The summed E-state index contributed by atoms with van der Waals surface area (Å²) < 4.78 is 1.12. The molecule has 4 nitrogen and oxygen atoms in total. The van der Waals surface area contributed by atoms with Crippen LogP contribution in [0.3, 0.4) is 0 Å². The monoisotopic (exact) mass is 306 g/mol. The van der Waals surface area contributed by atoms with Gasteiger partial charge in [-0.15, -0.1) is 0 Å². The summed E-state index contributed by atoms with van der Waals surface area (Å²) in [7, 11) is 2.03. The molecule has 2 rings (SSSR count). The van der Waals surface area contributed by atoms with Gasteiger partial charge in [0.2, 0.25) is 0 Å². The minimum Gasteiger partial charge on any atom is -0.384 e. The fourth-order valence-corrected chi connectivity index (χ4v) is 2.12.